The van der Waals surface area contributed by atoms with Gasteiger partial charge in [0.2, 0.25) is 15.9 Å². The molecule has 1 aromatic carbocycles. The Labute approximate surface area is 126 Å². The number of ether oxygens (including phenoxy) is 1. The van der Waals surface area contributed by atoms with E-state index >= 15 is 0 Å². The van der Waals surface area contributed by atoms with E-state index in [-0.39, 0.29) is 12.5 Å². The highest BCUT2D eigenvalue weighted by Crippen LogP contribution is 2.20. The second kappa shape index (κ2) is 7.42. The Balaban J connectivity index is 2.94. The van der Waals surface area contributed by atoms with Crippen LogP contribution < -0.4 is 9.62 Å². The molecule has 118 valence electrons. The van der Waals surface area contributed by atoms with Crippen LogP contribution in [0.15, 0.2) is 18.2 Å². The van der Waals surface area contributed by atoms with E-state index < -0.39 is 10.0 Å². The molecular formula is C14H22N2O4S. The van der Waals surface area contributed by atoms with Crippen LogP contribution in [0.25, 0.3) is 0 Å². The van der Waals surface area contributed by atoms with Gasteiger partial charge >= 0.3 is 0 Å². The summed E-state index contributed by atoms with van der Waals surface area (Å²) in [6, 6.07) is 5.44. The molecular weight excluding hydrogens is 292 g/mol. The standard InChI is InChI=1S/C14H22N2O4S/c1-11-7-12(2)9-13(8-11)16(21(4,18)19)10-14(17)15-5-6-20-3/h7-9H,5-6,10H2,1-4H3,(H,15,17). The largest absolute Gasteiger partial charge is 0.383 e. The molecule has 0 saturated heterocycles. The van der Waals surface area contributed by atoms with Gasteiger partial charge in [0.05, 0.1) is 18.6 Å². The van der Waals surface area contributed by atoms with E-state index in [2.05, 4.69) is 5.32 Å². The number of sulfonamides is 1. The van der Waals surface area contributed by atoms with Crippen LogP contribution in [0.5, 0.6) is 0 Å². The first kappa shape index (κ1) is 17.5. The smallest absolute Gasteiger partial charge is 0.240 e. The van der Waals surface area contributed by atoms with Crippen LogP contribution >= 0.6 is 0 Å². The number of rotatable bonds is 7. The molecule has 0 aliphatic carbocycles. The van der Waals surface area contributed by atoms with E-state index in [0.29, 0.717) is 18.8 Å². The monoisotopic (exact) mass is 314 g/mol. The molecule has 0 unspecified atom stereocenters. The van der Waals surface area contributed by atoms with Crippen molar-refractivity contribution in [1.29, 1.82) is 0 Å². The molecule has 1 aromatic rings. The zero-order valence-electron chi connectivity index (χ0n) is 12.8. The predicted octanol–water partition coefficient (Wildman–Crippen LogP) is 0.832. The molecule has 1 amide bonds. The lowest BCUT2D eigenvalue weighted by Crippen LogP contribution is -2.41. The summed E-state index contributed by atoms with van der Waals surface area (Å²) in [5.74, 6) is -0.364. The quantitative estimate of drug-likeness (QED) is 0.757. The van der Waals surface area contributed by atoms with Crippen LogP contribution in [0.2, 0.25) is 0 Å². The number of amides is 1. The average molecular weight is 314 g/mol. The third-order valence-electron chi connectivity index (χ3n) is 2.81. The molecule has 0 aromatic heterocycles. The first-order valence-corrected chi connectivity index (χ1v) is 8.40. The maximum absolute atomic E-state index is 11.9. The number of nitrogens with one attached hydrogen (secondary N) is 1. The maximum Gasteiger partial charge on any atom is 0.240 e. The van der Waals surface area contributed by atoms with Gasteiger partial charge in [-0.3, -0.25) is 9.10 Å². The van der Waals surface area contributed by atoms with Crippen molar-refractivity contribution in [3.05, 3.63) is 29.3 Å². The third-order valence-corrected chi connectivity index (χ3v) is 3.95. The van der Waals surface area contributed by atoms with Gasteiger partial charge in [0, 0.05) is 13.7 Å². The summed E-state index contributed by atoms with van der Waals surface area (Å²) >= 11 is 0. The summed E-state index contributed by atoms with van der Waals surface area (Å²) in [6.07, 6.45) is 1.09. The summed E-state index contributed by atoms with van der Waals surface area (Å²) in [6.45, 7) is 4.25. The van der Waals surface area contributed by atoms with Crippen LogP contribution in [0.1, 0.15) is 11.1 Å². The van der Waals surface area contributed by atoms with Gasteiger partial charge in [-0.05, 0) is 37.1 Å². The number of methoxy groups -OCH3 is 1. The van der Waals surface area contributed by atoms with E-state index in [1.807, 2.05) is 19.9 Å². The normalized spacial score (nSPS) is 11.2. The number of hydrogen-bond donors (Lipinski definition) is 1. The van der Waals surface area contributed by atoms with E-state index in [1.54, 1.807) is 12.1 Å². The van der Waals surface area contributed by atoms with Gasteiger partial charge in [-0.2, -0.15) is 0 Å². The van der Waals surface area contributed by atoms with Crippen molar-refractivity contribution in [2.75, 3.05) is 37.4 Å². The summed E-state index contributed by atoms with van der Waals surface area (Å²) in [5.41, 5.74) is 2.38. The number of benzene rings is 1. The highest BCUT2D eigenvalue weighted by atomic mass is 32.2. The molecule has 6 nitrogen and oxygen atoms in total. The molecule has 0 bridgehead atoms. The van der Waals surface area contributed by atoms with Crippen LogP contribution in [-0.4, -0.2) is 47.4 Å². The highest BCUT2D eigenvalue weighted by molar-refractivity contribution is 7.92. The summed E-state index contributed by atoms with van der Waals surface area (Å²) in [5, 5.41) is 2.62. The molecule has 7 heteroatoms. The molecule has 0 saturated carbocycles. The van der Waals surface area contributed by atoms with E-state index in [9.17, 15) is 13.2 Å². The van der Waals surface area contributed by atoms with Gasteiger partial charge in [-0.1, -0.05) is 6.07 Å². The number of carbonyl (C=O) groups excluding carboxylic acids is 1. The Hall–Kier alpha value is -1.60. The van der Waals surface area contributed by atoms with Crippen molar-refractivity contribution in [3.63, 3.8) is 0 Å². The number of anilines is 1. The van der Waals surface area contributed by atoms with Crippen molar-refractivity contribution in [2.45, 2.75) is 13.8 Å². The lowest BCUT2D eigenvalue weighted by Gasteiger charge is -2.22. The molecule has 1 N–H and O–H groups in total. The molecule has 1 rings (SSSR count). The van der Waals surface area contributed by atoms with Gasteiger partial charge in [0.15, 0.2) is 0 Å². The summed E-state index contributed by atoms with van der Waals surface area (Å²) in [7, 11) is -2.00. The molecule has 0 atom stereocenters. The average Bonchev–Trinajstić information content (AvgIpc) is 2.33. The second-order valence-electron chi connectivity index (χ2n) is 4.96. The van der Waals surface area contributed by atoms with Gasteiger partial charge in [0.25, 0.3) is 0 Å². The molecule has 0 heterocycles. The molecule has 0 aliphatic heterocycles. The fourth-order valence-corrected chi connectivity index (χ4v) is 2.81. The van der Waals surface area contributed by atoms with Gasteiger partial charge in [0.1, 0.15) is 6.54 Å². The lowest BCUT2D eigenvalue weighted by molar-refractivity contribution is -0.119. The Bertz CT molecular complexity index is 579. The minimum absolute atomic E-state index is 0.245. The van der Waals surface area contributed by atoms with E-state index in [4.69, 9.17) is 4.74 Å². The minimum atomic E-state index is -3.54. The lowest BCUT2D eigenvalue weighted by atomic mass is 10.1. The van der Waals surface area contributed by atoms with Crippen LogP contribution in [-0.2, 0) is 19.6 Å². The van der Waals surface area contributed by atoms with E-state index in [1.165, 1.54) is 7.11 Å². The molecule has 0 aliphatic rings. The van der Waals surface area contributed by atoms with E-state index in [0.717, 1.165) is 21.7 Å². The van der Waals surface area contributed by atoms with Crippen molar-refractivity contribution in [2.24, 2.45) is 0 Å². The Morgan fingerprint density at radius 2 is 1.81 bits per heavy atom. The van der Waals surface area contributed by atoms with Gasteiger partial charge in [-0.25, -0.2) is 8.42 Å². The number of aryl methyl sites for hydroxylation is 2. The van der Waals surface area contributed by atoms with Crippen LogP contribution in [0.4, 0.5) is 5.69 Å². The summed E-state index contributed by atoms with van der Waals surface area (Å²) < 4.78 is 29.8. The maximum atomic E-state index is 11.9. The number of hydrogen-bond acceptors (Lipinski definition) is 4. The fourth-order valence-electron chi connectivity index (χ4n) is 1.97. The second-order valence-corrected chi connectivity index (χ2v) is 6.87. The third kappa shape index (κ3) is 5.73. The van der Waals surface area contributed by atoms with Crippen molar-refractivity contribution >= 4 is 21.6 Å². The first-order valence-electron chi connectivity index (χ1n) is 6.55. The Morgan fingerprint density at radius 1 is 1.24 bits per heavy atom. The topological polar surface area (TPSA) is 75.7 Å². The Morgan fingerprint density at radius 3 is 2.29 bits per heavy atom. The highest BCUT2D eigenvalue weighted by Gasteiger charge is 2.21. The first-order chi connectivity index (χ1) is 9.74. The Kier molecular flexibility index (Phi) is 6.17. The van der Waals surface area contributed by atoms with Gasteiger partial charge < -0.3 is 10.1 Å². The molecule has 0 fully saturated rings. The number of nitrogens with zero attached hydrogens (tertiary/aromatic N) is 1. The fraction of sp³-hybridized carbons (Fsp3) is 0.500. The predicted molar refractivity (Wildman–Crippen MR) is 83.0 cm³/mol. The zero-order chi connectivity index (χ0) is 16.0. The molecule has 21 heavy (non-hydrogen) atoms. The molecule has 0 radical (unpaired) electrons. The molecule has 0 spiro atoms. The number of carbonyl (C=O) groups is 1. The van der Waals surface area contributed by atoms with Crippen LogP contribution in [0.3, 0.4) is 0 Å². The zero-order valence-corrected chi connectivity index (χ0v) is 13.7. The van der Waals surface area contributed by atoms with Crippen LogP contribution in [0, 0.1) is 13.8 Å². The minimum Gasteiger partial charge on any atom is -0.383 e. The van der Waals surface area contributed by atoms with Crippen molar-refractivity contribution in [1.82, 2.24) is 5.32 Å². The SMILES string of the molecule is COCCNC(=O)CN(c1cc(C)cc(C)c1)S(C)(=O)=O. The van der Waals surface area contributed by atoms with Crippen molar-refractivity contribution in [3.8, 4) is 0 Å². The summed E-state index contributed by atoms with van der Waals surface area (Å²) in [4.78, 5) is 11.8. The van der Waals surface area contributed by atoms with Crippen molar-refractivity contribution < 1.29 is 17.9 Å². The van der Waals surface area contributed by atoms with Gasteiger partial charge in [-0.15, -0.1) is 0 Å².